The summed E-state index contributed by atoms with van der Waals surface area (Å²) in [4.78, 5) is 12.1. The van der Waals surface area contributed by atoms with Crippen molar-refractivity contribution in [3.05, 3.63) is 71.3 Å². The number of hydrogen-bond donors (Lipinski definition) is 1. The molecule has 0 aromatic heterocycles. The average Bonchev–Trinajstić information content (AvgIpc) is 2.39. The summed E-state index contributed by atoms with van der Waals surface area (Å²) in [5.41, 5.74) is 8.88. The molecule has 0 aliphatic heterocycles. The van der Waals surface area contributed by atoms with Crippen LogP contribution in [0.4, 0.5) is 0 Å². The lowest BCUT2D eigenvalue weighted by Crippen LogP contribution is -2.15. The van der Waals surface area contributed by atoms with Gasteiger partial charge in [0.1, 0.15) is 0 Å². The molecule has 0 aliphatic rings. The first kappa shape index (κ1) is 12.5. The molecular weight excluding hydrogens is 222 g/mol. The SMILES string of the molecule is Cc1cccc(C(=O)CC(N)c2ccccc2)c1. The highest BCUT2D eigenvalue weighted by Gasteiger charge is 2.13. The van der Waals surface area contributed by atoms with E-state index in [2.05, 4.69) is 0 Å². The van der Waals surface area contributed by atoms with Gasteiger partial charge >= 0.3 is 0 Å². The number of benzene rings is 2. The van der Waals surface area contributed by atoms with Crippen molar-refractivity contribution in [2.24, 2.45) is 5.73 Å². The molecule has 2 heteroatoms. The van der Waals surface area contributed by atoms with Crippen LogP contribution in [0.15, 0.2) is 54.6 Å². The van der Waals surface area contributed by atoms with Crippen molar-refractivity contribution in [2.75, 3.05) is 0 Å². The van der Waals surface area contributed by atoms with E-state index in [0.29, 0.717) is 6.42 Å². The molecule has 0 radical (unpaired) electrons. The normalized spacial score (nSPS) is 12.1. The van der Waals surface area contributed by atoms with Crippen LogP contribution in [-0.4, -0.2) is 5.78 Å². The van der Waals surface area contributed by atoms with E-state index in [4.69, 9.17) is 5.73 Å². The van der Waals surface area contributed by atoms with E-state index < -0.39 is 0 Å². The maximum absolute atomic E-state index is 12.1. The lowest BCUT2D eigenvalue weighted by Gasteiger charge is -2.11. The predicted molar refractivity (Wildman–Crippen MR) is 73.5 cm³/mol. The largest absolute Gasteiger partial charge is 0.324 e. The number of rotatable bonds is 4. The summed E-state index contributed by atoms with van der Waals surface area (Å²) < 4.78 is 0. The molecule has 2 aromatic carbocycles. The van der Waals surface area contributed by atoms with Gasteiger partial charge in [-0.2, -0.15) is 0 Å². The van der Waals surface area contributed by atoms with Crippen molar-refractivity contribution in [3.63, 3.8) is 0 Å². The number of carbonyl (C=O) groups excluding carboxylic acids is 1. The lowest BCUT2D eigenvalue weighted by molar-refractivity contribution is 0.0974. The van der Waals surface area contributed by atoms with Gasteiger partial charge in [0.05, 0.1) is 0 Å². The van der Waals surface area contributed by atoms with Crippen LogP contribution >= 0.6 is 0 Å². The molecule has 2 rings (SSSR count). The number of nitrogens with two attached hydrogens (primary N) is 1. The van der Waals surface area contributed by atoms with E-state index in [1.807, 2.05) is 61.5 Å². The molecule has 18 heavy (non-hydrogen) atoms. The Morgan fingerprint density at radius 1 is 1.11 bits per heavy atom. The monoisotopic (exact) mass is 239 g/mol. The molecule has 0 aliphatic carbocycles. The third-order valence-corrected chi connectivity index (χ3v) is 2.97. The zero-order valence-corrected chi connectivity index (χ0v) is 10.5. The van der Waals surface area contributed by atoms with Gasteiger partial charge in [0.15, 0.2) is 5.78 Å². The number of aryl methyl sites for hydroxylation is 1. The molecule has 92 valence electrons. The molecular formula is C16H17NO. The molecule has 0 amide bonds. The summed E-state index contributed by atoms with van der Waals surface area (Å²) in [7, 11) is 0. The van der Waals surface area contributed by atoms with E-state index in [1.54, 1.807) is 0 Å². The van der Waals surface area contributed by atoms with Crippen LogP contribution in [0.3, 0.4) is 0 Å². The molecule has 0 saturated carbocycles. The van der Waals surface area contributed by atoms with Crippen LogP contribution in [0.1, 0.15) is 33.9 Å². The maximum Gasteiger partial charge on any atom is 0.164 e. The molecule has 1 unspecified atom stereocenters. The molecule has 0 saturated heterocycles. The van der Waals surface area contributed by atoms with Crippen molar-refractivity contribution >= 4 is 5.78 Å². The van der Waals surface area contributed by atoms with Gasteiger partial charge < -0.3 is 5.73 Å². The third-order valence-electron chi connectivity index (χ3n) is 2.97. The van der Waals surface area contributed by atoms with Crippen molar-refractivity contribution in [2.45, 2.75) is 19.4 Å². The summed E-state index contributed by atoms with van der Waals surface area (Å²) in [6, 6.07) is 17.1. The van der Waals surface area contributed by atoms with Gasteiger partial charge in [-0.3, -0.25) is 4.79 Å². The van der Waals surface area contributed by atoms with E-state index >= 15 is 0 Å². The van der Waals surface area contributed by atoms with E-state index in [-0.39, 0.29) is 11.8 Å². The molecule has 2 N–H and O–H groups in total. The Labute approximate surface area is 107 Å². The predicted octanol–water partition coefficient (Wildman–Crippen LogP) is 3.27. The summed E-state index contributed by atoms with van der Waals surface area (Å²) >= 11 is 0. The summed E-state index contributed by atoms with van der Waals surface area (Å²) in [5, 5.41) is 0. The van der Waals surface area contributed by atoms with Crippen molar-refractivity contribution in [1.82, 2.24) is 0 Å². The van der Waals surface area contributed by atoms with Crippen LogP contribution in [-0.2, 0) is 0 Å². The second-order valence-electron chi connectivity index (χ2n) is 4.51. The number of ketones is 1. The molecule has 0 bridgehead atoms. The highest BCUT2D eigenvalue weighted by molar-refractivity contribution is 5.96. The lowest BCUT2D eigenvalue weighted by atomic mass is 9.98. The second-order valence-corrected chi connectivity index (χ2v) is 4.51. The average molecular weight is 239 g/mol. The van der Waals surface area contributed by atoms with E-state index in [9.17, 15) is 4.79 Å². The first-order chi connectivity index (χ1) is 8.66. The van der Waals surface area contributed by atoms with Gasteiger partial charge in [-0.1, -0.05) is 54.1 Å². The minimum absolute atomic E-state index is 0.0926. The number of hydrogen-bond acceptors (Lipinski definition) is 2. The number of carbonyl (C=O) groups is 1. The van der Waals surface area contributed by atoms with Gasteiger partial charge in [0.2, 0.25) is 0 Å². The second kappa shape index (κ2) is 5.61. The number of Topliss-reactive ketones (excluding diaryl/α,β-unsaturated/α-hetero) is 1. The molecule has 1 atom stereocenters. The van der Waals surface area contributed by atoms with Crippen molar-refractivity contribution in [3.8, 4) is 0 Å². The fraction of sp³-hybridized carbons (Fsp3) is 0.188. The maximum atomic E-state index is 12.1. The van der Waals surface area contributed by atoms with Gasteiger partial charge in [-0.05, 0) is 18.6 Å². The smallest absolute Gasteiger partial charge is 0.164 e. The zero-order chi connectivity index (χ0) is 13.0. The highest BCUT2D eigenvalue weighted by Crippen LogP contribution is 2.17. The van der Waals surface area contributed by atoms with E-state index in [1.165, 1.54) is 0 Å². The van der Waals surface area contributed by atoms with Crippen LogP contribution in [0.2, 0.25) is 0 Å². The van der Waals surface area contributed by atoms with Crippen LogP contribution in [0.5, 0.6) is 0 Å². The first-order valence-electron chi connectivity index (χ1n) is 6.07. The Morgan fingerprint density at radius 2 is 1.83 bits per heavy atom. The molecule has 0 heterocycles. The first-order valence-corrected chi connectivity index (χ1v) is 6.07. The van der Waals surface area contributed by atoms with Crippen LogP contribution in [0, 0.1) is 6.92 Å². The molecule has 2 aromatic rings. The van der Waals surface area contributed by atoms with Gasteiger partial charge in [-0.25, -0.2) is 0 Å². The molecule has 2 nitrogen and oxygen atoms in total. The van der Waals surface area contributed by atoms with Gasteiger partial charge in [-0.15, -0.1) is 0 Å². The molecule has 0 spiro atoms. The summed E-state index contributed by atoms with van der Waals surface area (Å²) in [5.74, 6) is 0.0926. The van der Waals surface area contributed by atoms with Crippen molar-refractivity contribution in [1.29, 1.82) is 0 Å². The Balaban J connectivity index is 2.08. The quantitative estimate of drug-likeness (QED) is 0.832. The molecule has 0 fully saturated rings. The van der Waals surface area contributed by atoms with Gasteiger partial charge in [0, 0.05) is 18.0 Å². The third kappa shape index (κ3) is 3.05. The highest BCUT2D eigenvalue weighted by atomic mass is 16.1. The Bertz CT molecular complexity index is 534. The van der Waals surface area contributed by atoms with Crippen molar-refractivity contribution < 1.29 is 4.79 Å². The summed E-state index contributed by atoms with van der Waals surface area (Å²) in [6.45, 7) is 1.98. The Hall–Kier alpha value is -1.93. The van der Waals surface area contributed by atoms with Crippen LogP contribution in [0.25, 0.3) is 0 Å². The van der Waals surface area contributed by atoms with Crippen LogP contribution < -0.4 is 5.73 Å². The topological polar surface area (TPSA) is 43.1 Å². The fourth-order valence-corrected chi connectivity index (χ4v) is 1.95. The zero-order valence-electron chi connectivity index (χ0n) is 10.5. The minimum Gasteiger partial charge on any atom is -0.324 e. The fourth-order valence-electron chi connectivity index (χ4n) is 1.95. The van der Waals surface area contributed by atoms with E-state index in [0.717, 1.165) is 16.7 Å². The summed E-state index contributed by atoms with van der Waals surface area (Å²) in [6.07, 6.45) is 0.341. The van der Waals surface area contributed by atoms with Gasteiger partial charge in [0.25, 0.3) is 0 Å². The standard InChI is InChI=1S/C16H17NO/c1-12-6-5-9-14(10-12)16(18)11-15(17)13-7-3-2-4-8-13/h2-10,15H,11,17H2,1H3. The minimum atomic E-state index is -0.237. The Kier molecular flexibility index (Phi) is 3.90. The Morgan fingerprint density at radius 3 is 2.50 bits per heavy atom.